The van der Waals surface area contributed by atoms with E-state index in [9.17, 15) is 0 Å². The van der Waals surface area contributed by atoms with Crippen molar-refractivity contribution in [3.8, 4) is 10.7 Å². The molecule has 2 N–H and O–H groups in total. The molecule has 4 nitrogen and oxygen atoms in total. The third-order valence-corrected chi connectivity index (χ3v) is 3.28. The highest BCUT2D eigenvalue weighted by Gasteiger charge is 2.10. The highest BCUT2D eigenvalue weighted by Crippen LogP contribution is 2.25. The molecule has 0 atom stereocenters. The number of hydrogen-bond acceptors (Lipinski definition) is 4. The number of rotatable bonds is 1. The lowest BCUT2D eigenvalue weighted by Gasteiger charge is -2.01. The molecule has 0 bridgehead atoms. The predicted octanol–water partition coefficient (Wildman–Crippen LogP) is 2.35. The first-order chi connectivity index (χ1) is 7.75. The third-order valence-electron chi connectivity index (χ3n) is 2.41. The number of hydrogen-bond donors (Lipinski definition) is 1. The fourth-order valence-corrected chi connectivity index (χ4v) is 2.44. The van der Waals surface area contributed by atoms with E-state index >= 15 is 0 Å². The molecule has 3 aromatic heterocycles. The van der Waals surface area contributed by atoms with Gasteiger partial charge in [0.2, 0.25) is 0 Å². The van der Waals surface area contributed by atoms with E-state index in [4.69, 9.17) is 5.73 Å². The number of thiophene rings is 1. The number of fused-ring (bicyclic) bond motifs is 1. The minimum Gasteiger partial charge on any atom is -0.396 e. The molecule has 0 aliphatic carbocycles. The van der Waals surface area contributed by atoms with E-state index in [0.717, 1.165) is 16.3 Å². The van der Waals surface area contributed by atoms with Crippen molar-refractivity contribution >= 4 is 22.7 Å². The quantitative estimate of drug-likeness (QED) is 0.698. The first-order valence-electron chi connectivity index (χ1n) is 4.90. The molecule has 3 aromatic rings. The summed E-state index contributed by atoms with van der Waals surface area (Å²) in [5.41, 5.74) is 8.38. The van der Waals surface area contributed by atoms with Crippen molar-refractivity contribution in [1.82, 2.24) is 14.6 Å². The molecule has 0 amide bonds. The van der Waals surface area contributed by atoms with E-state index in [2.05, 4.69) is 10.2 Å². The van der Waals surface area contributed by atoms with Crippen LogP contribution >= 0.6 is 11.3 Å². The van der Waals surface area contributed by atoms with Crippen LogP contribution in [0, 0.1) is 6.92 Å². The molecule has 0 unspecified atom stereocenters. The lowest BCUT2D eigenvalue weighted by atomic mass is 10.3. The van der Waals surface area contributed by atoms with Crippen molar-refractivity contribution in [2.45, 2.75) is 6.92 Å². The second-order valence-electron chi connectivity index (χ2n) is 3.67. The van der Waals surface area contributed by atoms with Crippen LogP contribution in [0.3, 0.4) is 0 Å². The molecule has 80 valence electrons. The van der Waals surface area contributed by atoms with Gasteiger partial charge in [-0.3, -0.25) is 4.40 Å². The van der Waals surface area contributed by atoms with Crippen LogP contribution in [0.4, 0.5) is 5.69 Å². The Bertz CT molecular complexity index is 639. The second-order valence-corrected chi connectivity index (χ2v) is 4.62. The molecule has 0 aliphatic heterocycles. The second kappa shape index (κ2) is 3.31. The Balaban J connectivity index is 2.35. The SMILES string of the molecule is Cc1cc(N)c2nnc(-c3cccs3)n2c1. The van der Waals surface area contributed by atoms with E-state index in [1.807, 2.05) is 41.1 Å². The lowest BCUT2D eigenvalue weighted by molar-refractivity contribution is 1.11. The van der Waals surface area contributed by atoms with Gasteiger partial charge in [0.25, 0.3) is 0 Å². The first kappa shape index (κ1) is 9.35. The minimum absolute atomic E-state index is 0.662. The number of pyridine rings is 1. The highest BCUT2D eigenvalue weighted by molar-refractivity contribution is 7.13. The summed E-state index contributed by atoms with van der Waals surface area (Å²) in [7, 11) is 0. The smallest absolute Gasteiger partial charge is 0.184 e. The maximum Gasteiger partial charge on any atom is 0.184 e. The van der Waals surface area contributed by atoms with Gasteiger partial charge in [0.05, 0.1) is 10.6 Å². The summed E-state index contributed by atoms with van der Waals surface area (Å²) in [6.45, 7) is 2.01. The minimum atomic E-state index is 0.662. The summed E-state index contributed by atoms with van der Waals surface area (Å²) in [6.07, 6.45) is 2.00. The molecule has 16 heavy (non-hydrogen) atoms. The molecule has 0 aliphatic rings. The van der Waals surface area contributed by atoms with Crippen LogP contribution in [0.1, 0.15) is 5.56 Å². The normalized spacial score (nSPS) is 11.1. The van der Waals surface area contributed by atoms with Gasteiger partial charge in [-0.15, -0.1) is 21.5 Å². The molecule has 0 aromatic carbocycles. The lowest BCUT2D eigenvalue weighted by Crippen LogP contribution is -1.95. The zero-order valence-electron chi connectivity index (χ0n) is 8.71. The molecule has 0 saturated carbocycles. The third kappa shape index (κ3) is 1.29. The molecule has 3 rings (SSSR count). The highest BCUT2D eigenvalue weighted by atomic mass is 32.1. The van der Waals surface area contributed by atoms with Crippen LogP contribution in [0.15, 0.2) is 29.8 Å². The Labute approximate surface area is 96.4 Å². The summed E-state index contributed by atoms with van der Waals surface area (Å²) >= 11 is 1.64. The Morgan fingerprint density at radius 2 is 2.25 bits per heavy atom. The number of nitrogens with two attached hydrogens (primary N) is 1. The largest absolute Gasteiger partial charge is 0.396 e. The number of aromatic nitrogens is 3. The van der Waals surface area contributed by atoms with Crippen molar-refractivity contribution < 1.29 is 0 Å². The van der Waals surface area contributed by atoms with Gasteiger partial charge < -0.3 is 5.73 Å². The molecule has 3 heterocycles. The van der Waals surface area contributed by atoms with Gasteiger partial charge in [0.15, 0.2) is 11.5 Å². The monoisotopic (exact) mass is 230 g/mol. The van der Waals surface area contributed by atoms with Crippen molar-refractivity contribution in [3.63, 3.8) is 0 Å². The van der Waals surface area contributed by atoms with Crippen molar-refractivity contribution in [2.75, 3.05) is 5.73 Å². The van der Waals surface area contributed by atoms with Gasteiger partial charge in [-0.2, -0.15) is 0 Å². The van der Waals surface area contributed by atoms with Crippen LogP contribution in [-0.4, -0.2) is 14.6 Å². The fourth-order valence-electron chi connectivity index (χ4n) is 1.74. The van der Waals surface area contributed by atoms with Gasteiger partial charge in [-0.05, 0) is 30.0 Å². The molecular formula is C11H10N4S. The average molecular weight is 230 g/mol. The topological polar surface area (TPSA) is 56.2 Å². The first-order valence-corrected chi connectivity index (χ1v) is 5.78. The summed E-state index contributed by atoms with van der Waals surface area (Å²) in [5, 5.41) is 10.3. The Morgan fingerprint density at radius 1 is 1.38 bits per heavy atom. The van der Waals surface area contributed by atoms with Crippen LogP contribution in [0.25, 0.3) is 16.3 Å². The van der Waals surface area contributed by atoms with Crippen LogP contribution in [0.5, 0.6) is 0 Å². The molecule has 0 spiro atoms. The van der Waals surface area contributed by atoms with Crippen molar-refractivity contribution in [1.29, 1.82) is 0 Å². The predicted molar refractivity (Wildman–Crippen MR) is 65.4 cm³/mol. The van der Waals surface area contributed by atoms with Crippen LogP contribution < -0.4 is 5.73 Å². The molecular weight excluding hydrogens is 220 g/mol. The average Bonchev–Trinajstić information content (AvgIpc) is 2.83. The maximum absolute atomic E-state index is 5.90. The van der Waals surface area contributed by atoms with Crippen LogP contribution in [0.2, 0.25) is 0 Å². The zero-order chi connectivity index (χ0) is 11.1. The Morgan fingerprint density at radius 3 is 3.00 bits per heavy atom. The summed E-state index contributed by atoms with van der Waals surface area (Å²) < 4.78 is 1.94. The maximum atomic E-state index is 5.90. The van der Waals surface area contributed by atoms with Gasteiger partial charge in [-0.25, -0.2) is 0 Å². The van der Waals surface area contributed by atoms with E-state index in [1.54, 1.807) is 11.3 Å². The van der Waals surface area contributed by atoms with Crippen molar-refractivity contribution in [2.24, 2.45) is 0 Å². The van der Waals surface area contributed by atoms with E-state index < -0.39 is 0 Å². The van der Waals surface area contributed by atoms with E-state index in [0.29, 0.717) is 11.3 Å². The number of anilines is 1. The standard InChI is InChI=1S/C11H10N4S/c1-7-5-8(12)10-13-14-11(15(10)6-7)9-3-2-4-16-9/h2-6H,12H2,1H3. The summed E-state index contributed by atoms with van der Waals surface area (Å²) in [6, 6.07) is 5.93. The van der Waals surface area contributed by atoms with Crippen LogP contribution in [-0.2, 0) is 0 Å². The van der Waals surface area contributed by atoms with Gasteiger partial charge in [0.1, 0.15) is 0 Å². The van der Waals surface area contributed by atoms with Gasteiger partial charge >= 0.3 is 0 Å². The van der Waals surface area contributed by atoms with E-state index in [1.165, 1.54) is 0 Å². The summed E-state index contributed by atoms with van der Waals surface area (Å²) in [4.78, 5) is 1.09. The number of nitrogen functional groups attached to an aromatic ring is 1. The number of nitrogens with zero attached hydrogens (tertiary/aromatic N) is 3. The Hall–Kier alpha value is -1.88. The Kier molecular flexibility index (Phi) is 1.94. The molecule has 5 heteroatoms. The molecule has 0 saturated heterocycles. The van der Waals surface area contributed by atoms with Crippen molar-refractivity contribution in [3.05, 3.63) is 35.3 Å². The molecule has 0 radical (unpaired) electrons. The van der Waals surface area contributed by atoms with Gasteiger partial charge in [-0.1, -0.05) is 6.07 Å². The zero-order valence-corrected chi connectivity index (χ0v) is 9.53. The molecule has 0 fully saturated rings. The van der Waals surface area contributed by atoms with Gasteiger partial charge in [0, 0.05) is 6.20 Å². The van der Waals surface area contributed by atoms with E-state index in [-0.39, 0.29) is 0 Å². The fraction of sp³-hybridized carbons (Fsp3) is 0.0909. The number of aryl methyl sites for hydroxylation is 1. The summed E-state index contributed by atoms with van der Waals surface area (Å²) in [5.74, 6) is 0.848.